The number of hydrogen-bond acceptors (Lipinski definition) is 2. The molecule has 3 rings (SSSR count). The van der Waals surface area contributed by atoms with E-state index in [1.807, 2.05) is 0 Å². The van der Waals surface area contributed by atoms with Crippen LogP contribution in [0.1, 0.15) is 18.3 Å². The van der Waals surface area contributed by atoms with E-state index in [-0.39, 0.29) is 28.7 Å². The zero-order valence-electron chi connectivity index (χ0n) is 12.5. The maximum atomic E-state index is 14.1. The van der Waals surface area contributed by atoms with Crippen LogP contribution in [0.5, 0.6) is 0 Å². The highest BCUT2D eigenvalue weighted by molar-refractivity contribution is 5.79. The average molecular weight is 318 g/mol. The second-order valence-corrected chi connectivity index (χ2v) is 5.21. The summed E-state index contributed by atoms with van der Waals surface area (Å²) < 4.78 is 42.8. The summed E-state index contributed by atoms with van der Waals surface area (Å²) >= 11 is 0. The topological polar surface area (TPSA) is 34.9 Å². The van der Waals surface area contributed by atoms with E-state index in [1.165, 1.54) is 19.1 Å². The van der Waals surface area contributed by atoms with Crippen molar-refractivity contribution >= 4 is 10.9 Å². The smallest absolute Gasteiger partial charge is 0.266 e. The molecule has 1 aromatic heterocycles. The summed E-state index contributed by atoms with van der Waals surface area (Å²) in [5.74, 6) is -2.04. The average Bonchev–Trinajstić information content (AvgIpc) is 2.51. The van der Waals surface area contributed by atoms with E-state index < -0.39 is 28.7 Å². The Balaban J connectivity index is 2.48. The summed E-state index contributed by atoms with van der Waals surface area (Å²) in [6.45, 7) is 3.21. The van der Waals surface area contributed by atoms with Crippen molar-refractivity contribution in [3.8, 4) is 5.69 Å². The molecule has 3 aromatic rings. The van der Waals surface area contributed by atoms with E-state index in [9.17, 15) is 18.0 Å². The van der Waals surface area contributed by atoms with Crippen LogP contribution in [0.4, 0.5) is 13.2 Å². The number of benzene rings is 2. The van der Waals surface area contributed by atoms with Crippen molar-refractivity contribution in [1.29, 1.82) is 0 Å². The fraction of sp³-hybridized carbons (Fsp3) is 0.176. The van der Waals surface area contributed by atoms with E-state index in [2.05, 4.69) is 4.98 Å². The van der Waals surface area contributed by atoms with Crippen molar-refractivity contribution in [2.24, 2.45) is 0 Å². The standard InChI is InChI=1S/C17H13F3N2O/c1-3-15-21-14-8-13(20)9(2)7-10(14)17(23)22(15)16-11(18)5-4-6-12(16)19/h4-8H,3H2,1-2H3. The SMILES string of the molecule is CCc1nc2cc(F)c(C)cc2c(=O)n1-c1c(F)cccc1F. The predicted octanol–water partition coefficient (Wildman–Crippen LogP) is 3.67. The monoisotopic (exact) mass is 318 g/mol. The van der Waals surface area contributed by atoms with Crippen molar-refractivity contribution < 1.29 is 13.2 Å². The molecule has 0 amide bonds. The Kier molecular flexibility index (Phi) is 3.67. The van der Waals surface area contributed by atoms with Crippen LogP contribution in [0, 0.1) is 24.4 Å². The molecule has 0 aliphatic heterocycles. The molecule has 0 aliphatic carbocycles. The highest BCUT2D eigenvalue weighted by Crippen LogP contribution is 2.21. The van der Waals surface area contributed by atoms with Gasteiger partial charge in [0.1, 0.15) is 29.0 Å². The Labute approximate surface area is 130 Å². The second kappa shape index (κ2) is 5.53. The number of aromatic nitrogens is 2. The van der Waals surface area contributed by atoms with Gasteiger partial charge >= 0.3 is 0 Å². The van der Waals surface area contributed by atoms with Crippen LogP contribution in [0.25, 0.3) is 16.6 Å². The first-order valence-corrected chi connectivity index (χ1v) is 7.10. The first-order chi connectivity index (χ1) is 10.9. The summed E-state index contributed by atoms with van der Waals surface area (Å²) in [5, 5.41) is 0.115. The molecule has 0 radical (unpaired) electrons. The van der Waals surface area contributed by atoms with Crippen molar-refractivity contribution in [1.82, 2.24) is 9.55 Å². The Hall–Kier alpha value is -2.63. The first kappa shape index (κ1) is 15.3. The normalized spacial score (nSPS) is 11.2. The summed E-state index contributed by atoms with van der Waals surface area (Å²) in [7, 11) is 0. The number of aryl methyl sites for hydroxylation is 2. The summed E-state index contributed by atoms with van der Waals surface area (Å²) in [5.41, 5.74) is -0.658. The van der Waals surface area contributed by atoms with Gasteiger partial charge in [-0.05, 0) is 30.7 Å². The van der Waals surface area contributed by atoms with Crippen LogP contribution >= 0.6 is 0 Å². The van der Waals surface area contributed by atoms with Crippen LogP contribution in [-0.4, -0.2) is 9.55 Å². The molecule has 0 N–H and O–H groups in total. The zero-order valence-corrected chi connectivity index (χ0v) is 12.5. The van der Waals surface area contributed by atoms with Crippen LogP contribution < -0.4 is 5.56 Å². The van der Waals surface area contributed by atoms with Crippen molar-refractivity contribution in [3.63, 3.8) is 0 Å². The van der Waals surface area contributed by atoms with Gasteiger partial charge in [0, 0.05) is 12.5 Å². The lowest BCUT2D eigenvalue weighted by molar-refractivity contribution is 0.561. The third-order valence-corrected chi connectivity index (χ3v) is 3.70. The number of fused-ring (bicyclic) bond motifs is 1. The largest absolute Gasteiger partial charge is 0.268 e. The molecule has 0 aliphatic rings. The fourth-order valence-corrected chi connectivity index (χ4v) is 2.53. The van der Waals surface area contributed by atoms with Gasteiger partial charge in [0.15, 0.2) is 0 Å². The molecule has 6 heteroatoms. The molecule has 0 saturated carbocycles. The van der Waals surface area contributed by atoms with Gasteiger partial charge in [0.05, 0.1) is 10.9 Å². The van der Waals surface area contributed by atoms with Gasteiger partial charge in [0.25, 0.3) is 5.56 Å². The minimum atomic E-state index is -0.859. The first-order valence-electron chi connectivity index (χ1n) is 7.10. The minimum Gasteiger partial charge on any atom is -0.268 e. The summed E-state index contributed by atoms with van der Waals surface area (Å²) in [4.78, 5) is 16.9. The molecule has 0 unspecified atom stereocenters. The lowest BCUT2D eigenvalue weighted by Gasteiger charge is -2.14. The molecule has 0 bridgehead atoms. The number of nitrogens with zero attached hydrogens (tertiary/aromatic N) is 2. The molecule has 0 saturated heterocycles. The van der Waals surface area contributed by atoms with Crippen LogP contribution in [-0.2, 0) is 6.42 Å². The van der Waals surface area contributed by atoms with Crippen LogP contribution in [0.3, 0.4) is 0 Å². The Bertz CT molecular complexity index is 959. The molecular formula is C17H13F3N2O. The molecule has 3 nitrogen and oxygen atoms in total. The van der Waals surface area contributed by atoms with Crippen molar-refractivity contribution in [2.75, 3.05) is 0 Å². The van der Waals surface area contributed by atoms with Gasteiger partial charge in [-0.25, -0.2) is 18.2 Å². The third kappa shape index (κ3) is 2.40. The molecule has 2 aromatic carbocycles. The van der Waals surface area contributed by atoms with E-state index in [1.54, 1.807) is 6.92 Å². The van der Waals surface area contributed by atoms with Gasteiger partial charge in [0.2, 0.25) is 0 Å². The maximum Gasteiger partial charge on any atom is 0.266 e. The van der Waals surface area contributed by atoms with Crippen molar-refractivity contribution in [3.05, 3.63) is 69.5 Å². The van der Waals surface area contributed by atoms with E-state index >= 15 is 0 Å². The molecule has 0 spiro atoms. The lowest BCUT2D eigenvalue weighted by atomic mass is 10.1. The number of halogens is 3. The summed E-state index contributed by atoms with van der Waals surface area (Å²) in [6.07, 6.45) is 0.258. The molecule has 0 fully saturated rings. The molecule has 23 heavy (non-hydrogen) atoms. The lowest BCUT2D eigenvalue weighted by Crippen LogP contribution is -2.25. The van der Waals surface area contributed by atoms with Crippen LogP contribution in [0.2, 0.25) is 0 Å². The molecule has 1 heterocycles. The number of hydrogen-bond donors (Lipinski definition) is 0. The van der Waals surface area contributed by atoms with Gasteiger partial charge in [-0.15, -0.1) is 0 Å². The summed E-state index contributed by atoms with van der Waals surface area (Å²) in [6, 6.07) is 5.87. The maximum absolute atomic E-state index is 14.1. The van der Waals surface area contributed by atoms with Crippen molar-refractivity contribution in [2.45, 2.75) is 20.3 Å². The predicted molar refractivity (Wildman–Crippen MR) is 81.3 cm³/mol. The third-order valence-electron chi connectivity index (χ3n) is 3.70. The zero-order chi connectivity index (χ0) is 16.7. The second-order valence-electron chi connectivity index (χ2n) is 5.21. The van der Waals surface area contributed by atoms with E-state index in [4.69, 9.17) is 0 Å². The van der Waals surface area contributed by atoms with Gasteiger partial charge in [-0.1, -0.05) is 13.0 Å². The molecular weight excluding hydrogens is 305 g/mol. The van der Waals surface area contributed by atoms with E-state index in [0.717, 1.165) is 22.8 Å². The van der Waals surface area contributed by atoms with Gasteiger partial charge in [-0.3, -0.25) is 9.36 Å². The van der Waals surface area contributed by atoms with E-state index in [0.29, 0.717) is 0 Å². The highest BCUT2D eigenvalue weighted by Gasteiger charge is 2.19. The molecule has 0 atom stereocenters. The Morgan fingerprint density at radius 1 is 1.09 bits per heavy atom. The fourth-order valence-electron chi connectivity index (χ4n) is 2.53. The Morgan fingerprint density at radius 3 is 2.35 bits per heavy atom. The minimum absolute atomic E-state index is 0.115. The quantitative estimate of drug-likeness (QED) is 0.722. The van der Waals surface area contributed by atoms with Gasteiger partial charge in [-0.2, -0.15) is 0 Å². The Morgan fingerprint density at radius 2 is 1.74 bits per heavy atom. The number of para-hydroxylation sites is 1. The van der Waals surface area contributed by atoms with Crippen LogP contribution in [0.15, 0.2) is 35.1 Å². The number of rotatable bonds is 2. The van der Waals surface area contributed by atoms with Gasteiger partial charge < -0.3 is 0 Å². The molecule has 118 valence electrons. The highest BCUT2D eigenvalue weighted by atomic mass is 19.1.